The van der Waals surface area contributed by atoms with Gasteiger partial charge in [-0.05, 0) is 87.4 Å². The van der Waals surface area contributed by atoms with Crippen LogP contribution in [0.15, 0.2) is 30.3 Å². The van der Waals surface area contributed by atoms with E-state index in [0.29, 0.717) is 17.8 Å². The van der Waals surface area contributed by atoms with E-state index in [1.165, 1.54) is 50.5 Å². The fourth-order valence-corrected chi connectivity index (χ4v) is 10.6. The topological polar surface area (TPSA) is 35.5 Å². The molecule has 0 heterocycles. The van der Waals surface area contributed by atoms with Gasteiger partial charge in [-0.25, -0.2) is 0 Å². The van der Waals surface area contributed by atoms with Gasteiger partial charge >= 0.3 is 5.97 Å². The Hall–Kier alpha value is -1.13. The molecule has 1 aromatic carbocycles. The first-order valence-electron chi connectivity index (χ1n) is 14.5. The summed E-state index contributed by atoms with van der Waals surface area (Å²) >= 11 is 0. The van der Waals surface area contributed by atoms with Crippen LogP contribution >= 0.6 is 0 Å². The van der Waals surface area contributed by atoms with Crippen LogP contribution in [0.25, 0.3) is 0 Å². The van der Waals surface area contributed by atoms with Gasteiger partial charge in [0.25, 0.3) is 0 Å². The van der Waals surface area contributed by atoms with Crippen molar-refractivity contribution in [1.82, 2.24) is 0 Å². The summed E-state index contributed by atoms with van der Waals surface area (Å²) in [5.41, 5.74) is 1.30. The highest BCUT2D eigenvalue weighted by Gasteiger charge is 2.77. The van der Waals surface area contributed by atoms with Gasteiger partial charge in [0.2, 0.25) is 0 Å². The number of hydrogen-bond donors (Lipinski definition) is 0. The lowest BCUT2D eigenvalue weighted by molar-refractivity contribution is -0.258. The SMILES string of the molecule is C[C@@H]1CC[C@@H](C(C)(C)c2ccccc2)[C@H](OC(=O)[C@@H]2[C@H]3CCCC[C@]34CCC[C@]24O[Si](C)(C)C)C1. The average Bonchev–Trinajstić information content (AvgIpc) is 3.04. The zero-order valence-corrected chi connectivity index (χ0v) is 24.1. The van der Waals surface area contributed by atoms with Gasteiger partial charge in [0, 0.05) is 11.3 Å². The van der Waals surface area contributed by atoms with E-state index in [9.17, 15) is 4.79 Å². The van der Waals surface area contributed by atoms with Crippen LogP contribution in [0.3, 0.4) is 0 Å². The Balaban J connectivity index is 1.42. The molecule has 0 amide bonds. The highest BCUT2D eigenvalue weighted by Crippen LogP contribution is 2.74. The Morgan fingerprint density at radius 3 is 2.40 bits per heavy atom. The zero-order chi connectivity index (χ0) is 25.1. The lowest BCUT2D eigenvalue weighted by atomic mass is 9.41. The summed E-state index contributed by atoms with van der Waals surface area (Å²) < 4.78 is 13.8. The van der Waals surface area contributed by atoms with Gasteiger partial charge < -0.3 is 9.16 Å². The van der Waals surface area contributed by atoms with Gasteiger partial charge in [-0.2, -0.15) is 0 Å². The van der Waals surface area contributed by atoms with Gasteiger partial charge in [-0.15, -0.1) is 0 Å². The standard InChI is InChI=1S/C31H48O3Si/c1-22-16-17-24(29(2,3)23-13-8-7-9-14-23)26(21-22)33-28(32)27-25-15-10-11-18-30(25)19-12-20-31(27,30)34-35(4,5)6/h7-9,13-14,22,24-27H,10-12,15-21H2,1-6H3/t22-,24-,25-,26-,27+,30+,31+/m1/s1. The van der Waals surface area contributed by atoms with E-state index >= 15 is 0 Å². The summed E-state index contributed by atoms with van der Waals surface area (Å²) in [5.74, 6) is 1.42. The summed E-state index contributed by atoms with van der Waals surface area (Å²) in [7, 11) is -1.81. The average molecular weight is 497 g/mol. The number of esters is 1. The Bertz CT molecular complexity index is 921. The summed E-state index contributed by atoms with van der Waals surface area (Å²) in [5, 5.41) is 0. The zero-order valence-electron chi connectivity index (χ0n) is 23.1. The molecule has 0 N–H and O–H groups in total. The summed E-state index contributed by atoms with van der Waals surface area (Å²) in [4.78, 5) is 14.2. The van der Waals surface area contributed by atoms with E-state index in [-0.39, 0.29) is 34.4 Å². The smallest absolute Gasteiger partial charge is 0.312 e. The highest BCUT2D eigenvalue weighted by molar-refractivity contribution is 6.69. The third-order valence-electron chi connectivity index (χ3n) is 10.5. The first-order chi connectivity index (χ1) is 16.5. The second-order valence-electron chi connectivity index (χ2n) is 14.0. The molecule has 5 rings (SSSR count). The van der Waals surface area contributed by atoms with E-state index in [1.807, 2.05) is 0 Å². The lowest BCUT2D eigenvalue weighted by Crippen LogP contribution is -2.74. The Kier molecular flexibility index (Phi) is 6.57. The van der Waals surface area contributed by atoms with Crippen molar-refractivity contribution in [2.75, 3.05) is 0 Å². The van der Waals surface area contributed by atoms with Crippen LogP contribution in [0.5, 0.6) is 0 Å². The fourth-order valence-electron chi connectivity index (χ4n) is 9.11. The molecule has 0 aromatic heterocycles. The quantitative estimate of drug-likeness (QED) is 0.297. The summed E-state index contributed by atoms with van der Waals surface area (Å²) in [6, 6.07) is 10.9. The molecule has 1 aromatic rings. The van der Waals surface area contributed by atoms with E-state index < -0.39 is 8.32 Å². The van der Waals surface area contributed by atoms with Crippen molar-refractivity contribution in [1.29, 1.82) is 0 Å². The monoisotopic (exact) mass is 496 g/mol. The van der Waals surface area contributed by atoms with Gasteiger partial charge in [0.05, 0.1) is 11.5 Å². The van der Waals surface area contributed by atoms with Crippen LogP contribution in [-0.2, 0) is 19.4 Å². The molecule has 0 unspecified atom stereocenters. The number of carbonyl (C=O) groups is 1. The summed E-state index contributed by atoms with van der Waals surface area (Å²) in [6.07, 6.45) is 11.8. The Labute approximate surface area is 214 Å². The second kappa shape index (κ2) is 9.01. The van der Waals surface area contributed by atoms with Crippen molar-refractivity contribution >= 4 is 14.3 Å². The number of hydrogen-bond acceptors (Lipinski definition) is 3. The van der Waals surface area contributed by atoms with Crippen LogP contribution in [-0.4, -0.2) is 26.0 Å². The van der Waals surface area contributed by atoms with Crippen LogP contribution < -0.4 is 0 Å². The number of rotatable bonds is 6. The normalized spacial score (nSPS) is 39.3. The summed E-state index contributed by atoms with van der Waals surface area (Å²) in [6.45, 7) is 13.9. The maximum absolute atomic E-state index is 14.2. The number of benzene rings is 1. The second-order valence-corrected chi connectivity index (χ2v) is 18.5. The van der Waals surface area contributed by atoms with Crippen molar-refractivity contribution in [2.24, 2.45) is 29.1 Å². The van der Waals surface area contributed by atoms with Gasteiger partial charge in [-0.1, -0.05) is 70.4 Å². The van der Waals surface area contributed by atoms with Crippen molar-refractivity contribution in [2.45, 2.75) is 122 Å². The minimum absolute atomic E-state index is 0.00891. The molecule has 7 atom stereocenters. The number of carbonyl (C=O) groups excluding carboxylic acids is 1. The predicted octanol–water partition coefficient (Wildman–Crippen LogP) is 7.89. The van der Waals surface area contributed by atoms with Crippen LogP contribution in [0.2, 0.25) is 19.6 Å². The molecular formula is C31H48O3Si. The highest BCUT2D eigenvalue weighted by atomic mass is 28.4. The third kappa shape index (κ3) is 4.15. The maximum atomic E-state index is 14.2. The molecule has 4 fully saturated rings. The number of ether oxygens (including phenoxy) is 1. The van der Waals surface area contributed by atoms with Crippen LogP contribution in [0.1, 0.15) is 90.5 Å². The Morgan fingerprint density at radius 1 is 0.971 bits per heavy atom. The molecule has 35 heavy (non-hydrogen) atoms. The molecule has 4 aliphatic carbocycles. The molecule has 194 valence electrons. The molecule has 0 aliphatic heterocycles. The van der Waals surface area contributed by atoms with Crippen LogP contribution in [0, 0.1) is 29.1 Å². The first kappa shape index (κ1) is 25.5. The molecule has 4 heteroatoms. The van der Waals surface area contributed by atoms with E-state index in [2.05, 4.69) is 70.7 Å². The molecule has 1 spiro atoms. The van der Waals surface area contributed by atoms with Crippen LogP contribution in [0.4, 0.5) is 0 Å². The largest absolute Gasteiger partial charge is 0.462 e. The third-order valence-corrected chi connectivity index (χ3v) is 11.5. The van der Waals surface area contributed by atoms with Gasteiger partial charge in [0.15, 0.2) is 8.32 Å². The minimum Gasteiger partial charge on any atom is -0.462 e. The molecule has 0 bridgehead atoms. The van der Waals surface area contributed by atoms with Crippen molar-refractivity contribution < 1.29 is 14.0 Å². The molecule has 4 aliphatic rings. The van der Waals surface area contributed by atoms with Gasteiger partial charge in [0.1, 0.15) is 6.10 Å². The van der Waals surface area contributed by atoms with E-state index in [0.717, 1.165) is 19.3 Å². The molecular weight excluding hydrogens is 448 g/mol. The predicted molar refractivity (Wildman–Crippen MR) is 145 cm³/mol. The van der Waals surface area contributed by atoms with Crippen molar-refractivity contribution in [3.63, 3.8) is 0 Å². The Morgan fingerprint density at radius 2 is 1.69 bits per heavy atom. The van der Waals surface area contributed by atoms with E-state index in [4.69, 9.17) is 9.16 Å². The maximum Gasteiger partial charge on any atom is 0.312 e. The van der Waals surface area contributed by atoms with Crippen molar-refractivity contribution in [3.8, 4) is 0 Å². The molecule has 0 radical (unpaired) electrons. The van der Waals surface area contributed by atoms with E-state index in [1.54, 1.807) is 0 Å². The fraction of sp³-hybridized carbons (Fsp3) is 0.774. The molecule has 3 nitrogen and oxygen atoms in total. The first-order valence-corrected chi connectivity index (χ1v) is 17.9. The van der Waals surface area contributed by atoms with Gasteiger partial charge in [-0.3, -0.25) is 4.79 Å². The van der Waals surface area contributed by atoms with Crippen molar-refractivity contribution in [3.05, 3.63) is 35.9 Å². The lowest BCUT2D eigenvalue weighted by Gasteiger charge is -2.68. The molecule has 0 saturated heterocycles. The minimum atomic E-state index is -1.81. The molecule has 4 saturated carbocycles.